The maximum Gasteiger partial charge on any atom is 0 e. The van der Waals surface area contributed by atoms with Crippen molar-refractivity contribution >= 4 is 0 Å². The van der Waals surface area contributed by atoms with E-state index in [0.29, 0.717) is 0 Å². The van der Waals surface area contributed by atoms with Crippen molar-refractivity contribution in [2.24, 2.45) is 11.8 Å². The first-order chi connectivity index (χ1) is 3.79. The summed E-state index contributed by atoms with van der Waals surface area (Å²) in [6.45, 7) is 4.63. The van der Waals surface area contributed by atoms with E-state index in [9.17, 15) is 0 Å². The average molecular weight is 295 g/mol. The summed E-state index contributed by atoms with van der Waals surface area (Å²) in [4.78, 5) is 0. The molecule has 9 heavy (non-hydrogen) atoms. The Morgan fingerprint density at radius 3 is 1.78 bits per heavy atom. The largest absolute Gasteiger partial charge is 0.323 e. The molecule has 1 rings (SSSR count). The predicted molar refractivity (Wildman–Crippen MR) is 36.5 cm³/mol. The molecule has 0 nitrogen and oxygen atoms in total. The Morgan fingerprint density at radius 1 is 1.11 bits per heavy atom. The summed E-state index contributed by atoms with van der Waals surface area (Å²) in [7, 11) is 0. The number of rotatable bonds is 0. The molecule has 0 aromatic carbocycles. The molecule has 0 aliphatic heterocycles. The van der Waals surface area contributed by atoms with Crippen LogP contribution in [0.25, 0.3) is 0 Å². The van der Waals surface area contributed by atoms with Crippen LogP contribution in [0.2, 0.25) is 0 Å². The van der Waals surface area contributed by atoms with Gasteiger partial charge in [0.1, 0.15) is 0 Å². The van der Waals surface area contributed by atoms with E-state index >= 15 is 0 Å². The Kier molecular flexibility index (Phi) is 4.84. The van der Waals surface area contributed by atoms with Gasteiger partial charge < -0.3 is 6.42 Å². The van der Waals surface area contributed by atoms with Crippen LogP contribution in [-0.4, -0.2) is 0 Å². The molecule has 1 aliphatic rings. The van der Waals surface area contributed by atoms with Crippen LogP contribution in [0.4, 0.5) is 0 Å². The molecule has 1 heteroatoms. The van der Waals surface area contributed by atoms with Gasteiger partial charge in [-0.25, -0.2) is 0 Å². The van der Waals surface area contributed by atoms with Crippen LogP contribution in [0.5, 0.6) is 0 Å². The number of hydrogen-bond acceptors (Lipinski definition) is 0. The normalized spacial score (nSPS) is 35.3. The van der Waals surface area contributed by atoms with Crippen molar-refractivity contribution in [3.8, 4) is 0 Å². The summed E-state index contributed by atoms with van der Waals surface area (Å²) in [6, 6.07) is 0. The van der Waals surface area contributed by atoms with E-state index in [1.54, 1.807) is 0 Å². The van der Waals surface area contributed by atoms with E-state index < -0.39 is 0 Å². The van der Waals surface area contributed by atoms with Gasteiger partial charge >= 0.3 is 0 Å². The molecule has 0 aromatic rings. The van der Waals surface area contributed by atoms with Gasteiger partial charge in [0.25, 0.3) is 0 Å². The summed E-state index contributed by atoms with van der Waals surface area (Å²) >= 11 is 0. The molecular weight excluding hydrogens is 280 g/mol. The van der Waals surface area contributed by atoms with Gasteiger partial charge in [-0.15, -0.1) is 0 Å². The Hall–Kier alpha value is 0.688. The molecule has 0 spiro atoms. The zero-order chi connectivity index (χ0) is 5.98. The van der Waals surface area contributed by atoms with Gasteiger partial charge in [0.2, 0.25) is 0 Å². The van der Waals surface area contributed by atoms with E-state index in [0.717, 1.165) is 11.8 Å². The molecule has 0 heterocycles. The fraction of sp³-hybridized carbons (Fsp3) is 0.875. The van der Waals surface area contributed by atoms with E-state index in [4.69, 9.17) is 0 Å². The summed E-state index contributed by atoms with van der Waals surface area (Å²) in [5.74, 6) is 1.78. The molecule has 2 unspecified atom stereocenters. The van der Waals surface area contributed by atoms with Crippen molar-refractivity contribution in [1.29, 1.82) is 0 Å². The first kappa shape index (κ1) is 9.69. The average Bonchev–Trinajstić information content (AvgIpc) is 1.64. The second-order valence-electron chi connectivity index (χ2n) is 3.08. The Balaban J connectivity index is 0.000000640. The molecule has 1 aliphatic carbocycles. The standard InChI is InChI=1S/C8H15.W/c1-7-4-3-5-8(2)6-7;/h6-8H,3-5H2,1-2H3;/q-1;. The van der Waals surface area contributed by atoms with Crippen molar-refractivity contribution < 1.29 is 21.1 Å². The van der Waals surface area contributed by atoms with Crippen LogP contribution in [0.1, 0.15) is 33.1 Å². The minimum absolute atomic E-state index is 0. The van der Waals surface area contributed by atoms with Crippen LogP contribution in [-0.2, 0) is 21.1 Å². The monoisotopic (exact) mass is 295 g/mol. The molecule has 1 saturated carbocycles. The van der Waals surface area contributed by atoms with Crippen LogP contribution >= 0.6 is 0 Å². The molecule has 54 valence electrons. The molecular formula is C8H15W-. The third-order valence-corrected chi connectivity index (χ3v) is 1.98. The molecule has 0 aromatic heterocycles. The molecule has 0 bridgehead atoms. The smallest absolute Gasteiger partial charge is 0 e. The van der Waals surface area contributed by atoms with Crippen LogP contribution in [0.15, 0.2) is 0 Å². The maximum atomic E-state index is 2.48. The van der Waals surface area contributed by atoms with E-state index in [1.807, 2.05) is 0 Å². The summed E-state index contributed by atoms with van der Waals surface area (Å²) in [5.41, 5.74) is 0. The molecule has 1 fully saturated rings. The SMILES string of the molecule is CC1[CH-]C(C)CCC1.[W]. The Bertz CT molecular complexity index is 63.0. The Labute approximate surface area is 72.7 Å². The fourth-order valence-corrected chi connectivity index (χ4v) is 1.52. The van der Waals surface area contributed by atoms with Crippen molar-refractivity contribution in [3.63, 3.8) is 0 Å². The van der Waals surface area contributed by atoms with E-state index in [-0.39, 0.29) is 21.1 Å². The van der Waals surface area contributed by atoms with Crippen LogP contribution < -0.4 is 0 Å². The molecule has 0 radical (unpaired) electrons. The molecule has 0 saturated heterocycles. The van der Waals surface area contributed by atoms with Crippen LogP contribution in [0, 0.1) is 18.3 Å². The molecule has 0 amide bonds. The minimum atomic E-state index is 0. The zero-order valence-electron chi connectivity index (χ0n) is 6.26. The third-order valence-electron chi connectivity index (χ3n) is 1.98. The van der Waals surface area contributed by atoms with E-state index in [1.165, 1.54) is 19.3 Å². The van der Waals surface area contributed by atoms with Crippen molar-refractivity contribution in [1.82, 2.24) is 0 Å². The first-order valence-corrected chi connectivity index (χ1v) is 3.64. The Morgan fingerprint density at radius 2 is 1.56 bits per heavy atom. The van der Waals surface area contributed by atoms with E-state index in [2.05, 4.69) is 20.3 Å². The minimum Gasteiger partial charge on any atom is -0.323 e. The second kappa shape index (κ2) is 4.50. The number of hydrogen-bond donors (Lipinski definition) is 0. The zero-order valence-corrected chi connectivity index (χ0v) is 9.20. The van der Waals surface area contributed by atoms with Gasteiger partial charge in [0, 0.05) is 21.1 Å². The van der Waals surface area contributed by atoms with Crippen LogP contribution in [0.3, 0.4) is 0 Å². The fourth-order valence-electron chi connectivity index (χ4n) is 1.52. The topological polar surface area (TPSA) is 0 Å². The van der Waals surface area contributed by atoms with Gasteiger partial charge in [-0.3, -0.25) is 0 Å². The molecule has 0 N–H and O–H groups in total. The third kappa shape index (κ3) is 3.40. The van der Waals surface area contributed by atoms with Gasteiger partial charge in [0.05, 0.1) is 0 Å². The van der Waals surface area contributed by atoms with Crippen molar-refractivity contribution in [3.05, 3.63) is 6.42 Å². The molecule has 2 atom stereocenters. The van der Waals surface area contributed by atoms with Crippen molar-refractivity contribution in [2.75, 3.05) is 0 Å². The van der Waals surface area contributed by atoms with Gasteiger partial charge in [-0.2, -0.15) is 11.8 Å². The van der Waals surface area contributed by atoms with Crippen molar-refractivity contribution in [2.45, 2.75) is 33.1 Å². The first-order valence-electron chi connectivity index (χ1n) is 3.64. The quantitative estimate of drug-likeness (QED) is 0.603. The predicted octanol–water partition coefficient (Wildman–Crippen LogP) is 2.64. The summed E-state index contributed by atoms with van der Waals surface area (Å²) in [5, 5.41) is 0. The summed E-state index contributed by atoms with van der Waals surface area (Å²) < 4.78 is 0. The van der Waals surface area contributed by atoms with Gasteiger partial charge in [-0.1, -0.05) is 33.1 Å². The van der Waals surface area contributed by atoms with Gasteiger partial charge in [0.15, 0.2) is 0 Å². The van der Waals surface area contributed by atoms with Gasteiger partial charge in [-0.05, 0) is 0 Å². The summed E-state index contributed by atoms with van der Waals surface area (Å²) in [6.07, 6.45) is 6.76. The maximum absolute atomic E-state index is 2.48. The second-order valence-corrected chi connectivity index (χ2v) is 3.08.